The third-order valence-corrected chi connectivity index (χ3v) is 6.02. The van der Waals surface area contributed by atoms with Gasteiger partial charge in [0.15, 0.2) is 0 Å². The summed E-state index contributed by atoms with van der Waals surface area (Å²) in [5, 5.41) is 15.4. The fourth-order valence-electron chi connectivity index (χ4n) is 4.24. The van der Waals surface area contributed by atoms with Crippen molar-refractivity contribution in [1.29, 1.82) is 0 Å². The molecule has 0 aliphatic carbocycles. The summed E-state index contributed by atoms with van der Waals surface area (Å²) in [5.74, 6) is -2.47. The first kappa shape index (κ1) is 20.6. The topological polar surface area (TPSA) is 85.4 Å². The van der Waals surface area contributed by atoms with Gasteiger partial charge in [-0.15, -0.1) is 10.2 Å². The van der Waals surface area contributed by atoms with Gasteiger partial charge in [0.25, 0.3) is 5.92 Å². The van der Waals surface area contributed by atoms with Crippen LogP contribution in [0.1, 0.15) is 13.3 Å². The molecule has 0 bridgehead atoms. The number of likely N-dealkylation sites (tertiary alicyclic amines) is 1. The average molecular weight is 442 g/mol. The van der Waals surface area contributed by atoms with Gasteiger partial charge in [0.05, 0.1) is 25.2 Å². The number of benzene rings is 1. The highest BCUT2D eigenvalue weighted by Gasteiger charge is 2.44. The molecule has 3 aromatic heterocycles. The molecule has 32 heavy (non-hydrogen) atoms. The Kier molecular flexibility index (Phi) is 4.92. The Labute approximate surface area is 183 Å². The Morgan fingerprint density at radius 1 is 1.28 bits per heavy atom. The van der Waals surface area contributed by atoms with Crippen molar-refractivity contribution in [3.63, 3.8) is 0 Å². The van der Waals surface area contributed by atoms with Crippen molar-refractivity contribution >= 4 is 22.5 Å². The van der Waals surface area contributed by atoms with Crippen LogP contribution in [0, 0.1) is 0 Å². The van der Waals surface area contributed by atoms with E-state index in [2.05, 4.69) is 25.7 Å². The average Bonchev–Trinajstić information content (AvgIpc) is 3.37. The van der Waals surface area contributed by atoms with Crippen LogP contribution < -0.4 is 10.1 Å². The molecule has 1 N–H and O–H groups in total. The molecule has 1 atom stereocenters. The van der Waals surface area contributed by atoms with Crippen LogP contribution >= 0.6 is 0 Å². The van der Waals surface area contributed by atoms with E-state index in [1.54, 1.807) is 20.3 Å². The molecule has 4 heterocycles. The zero-order valence-electron chi connectivity index (χ0n) is 18.1. The van der Waals surface area contributed by atoms with Gasteiger partial charge >= 0.3 is 0 Å². The van der Waals surface area contributed by atoms with Crippen LogP contribution in [0.15, 0.2) is 30.5 Å². The minimum Gasteiger partial charge on any atom is -0.479 e. The van der Waals surface area contributed by atoms with Gasteiger partial charge < -0.3 is 10.1 Å². The SMILES string of the molecule is CCN1CCC(Nc2nc(OC)c3c(-c4ccc5nnn(C)c5c4)ccn3n2)C(F)(F)C1. The van der Waals surface area contributed by atoms with Crippen LogP contribution in [-0.2, 0) is 7.05 Å². The first-order valence-corrected chi connectivity index (χ1v) is 10.5. The number of ether oxygens (including phenoxy) is 1. The van der Waals surface area contributed by atoms with Crippen LogP contribution in [0.4, 0.5) is 14.7 Å². The quantitative estimate of drug-likeness (QED) is 0.509. The third-order valence-electron chi connectivity index (χ3n) is 6.02. The molecule has 9 nitrogen and oxygen atoms in total. The second kappa shape index (κ2) is 7.66. The summed E-state index contributed by atoms with van der Waals surface area (Å²) >= 11 is 0. The highest BCUT2D eigenvalue weighted by atomic mass is 19.3. The lowest BCUT2D eigenvalue weighted by molar-refractivity contribution is -0.0726. The number of anilines is 1. The summed E-state index contributed by atoms with van der Waals surface area (Å²) in [4.78, 5) is 6.15. The number of piperidine rings is 1. The minimum atomic E-state index is -2.88. The molecule has 11 heteroatoms. The Hall–Kier alpha value is -3.34. The number of fused-ring (bicyclic) bond motifs is 2. The predicted octanol–water partition coefficient (Wildman–Crippen LogP) is 2.83. The number of nitrogens with one attached hydrogen (secondary N) is 1. The van der Waals surface area contributed by atoms with Gasteiger partial charge in [-0.1, -0.05) is 18.2 Å². The molecule has 1 aromatic carbocycles. The number of alkyl halides is 2. The van der Waals surface area contributed by atoms with Crippen LogP contribution in [0.25, 0.3) is 27.7 Å². The number of rotatable bonds is 5. The van der Waals surface area contributed by atoms with E-state index in [1.807, 2.05) is 38.2 Å². The first-order valence-electron chi connectivity index (χ1n) is 10.5. The van der Waals surface area contributed by atoms with Gasteiger partial charge in [-0.25, -0.2) is 18.0 Å². The molecule has 1 aliphatic heterocycles. The van der Waals surface area contributed by atoms with Crippen molar-refractivity contribution in [2.45, 2.75) is 25.3 Å². The lowest BCUT2D eigenvalue weighted by Gasteiger charge is -2.38. The molecule has 0 radical (unpaired) electrons. The monoisotopic (exact) mass is 442 g/mol. The minimum absolute atomic E-state index is 0.109. The summed E-state index contributed by atoms with van der Waals surface area (Å²) < 4.78 is 38.1. The van der Waals surface area contributed by atoms with E-state index in [4.69, 9.17) is 4.74 Å². The van der Waals surface area contributed by atoms with Crippen molar-refractivity contribution in [2.24, 2.45) is 7.05 Å². The molecule has 1 aliphatic rings. The highest BCUT2D eigenvalue weighted by Crippen LogP contribution is 2.34. The molecule has 4 aromatic rings. The van der Waals surface area contributed by atoms with Gasteiger partial charge in [-0.3, -0.25) is 4.90 Å². The second-order valence-corrected chi connectivity index (χ2v) is 8.00. The Morgan fingerprint density at radius 3 is 2.88 bits per heavy atom. The number of methoxy groups -OCH3 is 1. The molecule has 1 unspecified atom stereocenters. The number of aromatic nitrogens is 6. The van der Waals surface area contributed by atoms with E-state index in [-0.39, 0.29) is 12.5 Å². The van der Waals surface area contributed by atoms with E-state index in [9.17, 15) is 8.78 Å². The van der Waals surface area contributed by atoms with Crippen LogP contribution in [-0.4, -0.2) is 73.2 Å². The summed E-state index contributed by atoms with van der Waals surface area (Å²) in [7, 11) is 3.34. The summed E-state index contributed by atoms with van der Waals surface area (Å²) in [5.41, 5.74) is 4.12. The van der Waals surface area contributed by atoms with Crippen LogP contribution in [0.3, 0.4) is 0 Å². The number of nitrogens with zero attached hydrogens (tertiary/aromatic N) is 7. The van der Waals surface area contributed by atoms with Gasteiger partial charge in [-0.2, -0.15) is 4.98 Å². The number of halogens is 2. The van der Waals surface area contributed by atoms with Crippen molar-refractivity contribution in [2.75, 3.05) is 32.1 Å². The Bertz CT molecular complexity index is 1280. The molecule has 1 saturated heterocycles. The largest absolute Gasteiger partial charge is 0.479 e. The maximum absolute atomic E-state index is 14.6. The van der Waals surface area contributed by atoms with Crippen molar-refractivity contribution in [3.05, 3.63) is 30.5 Å². The summed E-state index contributed by atoms with van der Waals surface area (Å²) in [6.07, 6.45) is 2.07. The lowest BCUT2D eigenvalue weighted by Crippen LogP contribution is -2.54. The van der Waals surface area contributed by atoms with Crippen LogP contribution in [0.2, 0.25) is 0 Å². The van der Waals surface area contributed by atoms with Gasteiger partial charge in [0, 0.05) is 25.4 Å². The number of hydrogen-bond donors (Lipinski definition) is 1. The first-order chi connectivity index (χ1) is 15.4. The van der Waals surface area contributed by atoms with Crippen LogP contribution in [0.5, 0.6) is 5.88 Å². The predicted molar refractivity (Wildman–Crippen MR) is 116 cm³/mol. The van der Waals surface area contributed by atoms with Crippen molar-refractivity contribution < 1.29 is 13.5 Å². The molecule has 0 amide bonds. The van der Waals surface area contributed by atoms with E-state index < -0.39 is 12.0 Å². The zero-order valence-corrected chi connectivity index (χ0v) is 18.1. The molecular weight excluding hydrogens is 418 g/mol. The highest BCUT2D eigenvalue weighted by molar-refractivity contribution is 5.89. The number of hydrogen-bond acceptors (Lipinski definition) is 7. The molecule has 5 rings (SSSR count). The van der Waals surface area contributed by atoms with Gasteiger partial charge in [0.1, 0.15) is 11.0 Å². The van der Waals surface area contributed by atoms with Gasteiger partial charge in [-0.05, 0) is 36.7 Å². The standard InChI is InChI=1S/C21H24F2N8O/c1-4-30-9-8-17(21(22,23)12-30)24-20-25-19(32-3)18-14(7-10-31(18)27-20)13-5-6-15-16(11-13)29(2)28-26-15/h5-7,10-11,17H,4,8-9,12H2,1-3H3,(H,24,27). The molecule has 1 fully saturated rings. The maximum atomic E-state index is 14.6. The fraction of sp³-hybridized carbons (Fsp3) is 0.429. The summed E-state index contributed by atoms with van der Waals surface area (Å²) in [6, 6.07) is 6.69. The van der Waals surface area contributed by atoms with E-state index in [1.165, 1.54) is 7.11 Å². The normalized spacial score (nSPS) is 19.0. The smallest absolute Gasteiger partial charge is 0.280 e. The molecule has 0 saturated carbocycles. The maximum Gasteiger partial charge on any atom is 0.280 e. The fourth-order valence-corrected chi connectivity index (χ4v) is 4.24. The Morgan fingerprint density at radius 2 is 2.12 bits per heavy atom. The zero-order chi connectivity index (χ0) is 22.5. The third kappa shape index (κ3) is 3.42. The lowest BCUT2D eigenvalue weighted by atomic mass is 10.0. The number of aryl methyl sites for hydroxylation is 1. The molecular formula is C21H24F2N8O. The van der Waals surface area contributed by atoms with Gasteiger partial charge in [0.2, 0.25) is 11.8 Å². The molecule has 168 valence electrons. The second-order valence-electron chi connectivity index (χ2n) is 8.00. The van der Waals surface area contributed by atoms with E-state index >= 15 is 0 Å². The van der Waals surface area contributed by atoms with E-state index in [0.717, 1.165) is 22.2 Å². The summed E-state index contributed by atoms with van der Waals surface area (Å²) in [6.45, 7) is 2.81. The van der Waals surface area contributed by atoms with Crippen molar-refractivity contribution in [3.8, 4) is 17.0 Å². The molecule has 0 spiro atoms. The van der Waals surface area contributed by atoms with E-state index in [0.29, 0.717) is 30.9 Å². The Balaban J connectivity index is 1.51. The van der Waals surface area contributed by atoms with Crippen molar-refractivity contribution in [1.82, 2.24) is 34.5 Å².